The van der Waals surface area contributed by atoms with Crippen molar-refractivity contribution < 1.29 is 5.11 Å². The van der Waals surface area contributed by atoms with Gasteiger partial charge in [-0.3, -0.25) is 4.68 Å². The molecule has 5 nitrogen and oxygen atoms in total. The number of hydrogen-bond acceptors (Lipinski definition) is 3. The third-order valence-corrected chi connectivity index (χ3v) is 4.56. The Morgan fingerprint density at radius 2 is 1.84 bits per heavy atom. The molecule has 2 aromatic carbocycles. The van der Waals surface area contributed by atoms with Crippen molar-refractivity contribution in [3.8, 4) is 16.9 Å². The van der Waals surface area contributed by atoms with Crippen molar-refractivity contribution in [2.24, 2.45) is 7.05 Å². The number of aryl methyl sites for hydroxylation is 2. The predicted molar refractivity (Wildman–Crippen MR) is 98.6 cm³/mol. The standard InChI is InChI=1S/C20H20N4O/c1-3-18-17-9-6-15(12-20(17)23(2)22-18)19-10-11-21-24(19)16-7-4-14(13-25)5-8-16/h4-12,25H,3,13H2,1-2H3. The summed E-state index contributed by atoms with van der Waals surface area (Å²) < 4.78 is 3.85. The van der Waals surface area contributed by atoms with Gasteiger partial charge < -0.3 is 5.11 Å². The summed E-state index contributed by atoms with van der Waals surface area (Å²) in [6.07, 6.45) is 2.73. The van der Waals surface area contributed by atoms with E-state index < -0.39 is 0 Å². The monoisotopic (exact) mass is 332 g/mol. The first kappa shape index (κ1) is 15.6. The molecule has 4 rings (SSSR count). The second-order valence-electron chi connectivity index (χ2n) is 6.11. The normalized spacial score (nSPS) is 11.3. The average Bonchev–Trinajstić information content (AvgIpc) is 3.26. The summed E-state index contributed by atoms with van der Waals surface area (Å²) in [5, 5.41) is 19.5. The number of aliphatic hydroxyl groups excluding tert-OH is 1. The fourth-order valence-electron chi connectivity index (χ4n) is 3.22. The number of fused-ring (bicyclic) bond motifs is 1. The van der Waals surface area contributed by atoms with Gasteiger partial charge in [0.2, 0.25) is 0 Å². The van der Waals surface area contributed by atoms with E-state index in [9.17, 15) is 5.11 Å². The number of aliphatic hydroxyl groups is 1. The van der Waals surface area contributed by atoms with E-state index in [1.54, 1.807) is 6.20 Å². The summed E-state index contributed by atoms with van der Waals surface area (Å²) in [4.78, 5) is 0. The lowest BCUT2D eigenvalue weighted by Gasteiger charge is -2.09. The molecule has 0 aliphatic carbocycles. The molecule has 5 heteroatoms. The fraction of sp³-hybridized carbons (Fsp3) is 0.200. The van der Waals surface area contributed by atoms with E-state index in [0.29, 0.717) is 0 Å². The molecule has 0 unspecified atom stereocenters. The van der Waals surface area contributed by atoms with Gasteiger partial charge in [0.05, 0.1) is 35.4 Å². The molecule has 0 fully saturated rings. The van der Waals surface area contributed by atoms with Crippen LogP contribution in [0.1, 0.15) is 18.2 Å². The lowest BCUT2D eigenvalue weighted by molar-refractivity contribution is 0.282. The second kappa shape index (κ2) is 6.18. The van der Waals surface area contributed by atoms with E-state index in [2.05, 4.69) is 35.3 Å². The molecule has 0 radical (unpaired) electrons. The van der Waals surface area contributed by atoms with Crippen LogP contribution in [0.25, 0.3) is 27.8 Å². The maximum Gasteiger partial charge on any atom is 0.0741 e. The number of aromatic nitrogens is 4. The topological polar surface area (TPSA) is 55.9 Å². The third kappa shape index (κ3) is 2.62. The van der Waals surface area contributed by atoms with Crippen molar-refractivity contribution in [3.63, 3.8) is 0 Å². The summed E-state index contributed by atoms with van der Waals surface area (Å²) in [5.74, 6) is 0. The van der Waals surface area contributed by atoms with E-state index >= 15 is 0 Å². The lowest BCUT2D eigenvalue weighted by atomic mass is 10.1. The van der Waals surface area contributed by atoms with Crippen molar-refractivity contribution in [1.82, 2.24) is 19.6 Å². The van der Waals surface area contributed by atoms with E-state index in [1.807, 2.05) is 46.7 Å². The largest absolute Gasteiger partial charge is 0.392 e. The zero-order valence-electron chi connectivity index (χ0n) is 14.3. The van der Waals surface area contributed by atoms with Crippen LogP contribution in [0, 0.1) is 0 Å². The van der Waals surface area contributed by atoms with Crippen LogP contribution in [0.15, 0.2) is 54.7 Å². The number of benzene rings is 2. The highest BCUT2D eigenvalue weighted by Crippen LogP contribution is 2.27. The van der Waals surface area contributed by atoms with Gasteiger partial charge in [0.15, 0.2) is 0 Å². The first-order valence-corrected chi connectivity index (χ1v) is 8.41. The Hall–Kier alpha value is -2.92. The third-order valence-electron chi connectivity index (χ3n) is 4.56. The van der Waals surface area contributed by atoms with Crippen molar-refractivity contribution in [2.75, 3.05) is 0 Å². The van der Waals surface area contributed by atoms with Crippen LogP contribution in [0.5, 0.6) is 0 Å². The summed E-state index contributed by atoms with van der Waals surface area (Å²) in [5.41, 5.74) is 6.23. The molecule has 0 saturated carbocycles. The zero-order chi connectivity index (χ0) is 17.4. The molecule has 0 aliphatic heterocycles. The highest BCUT2D eigenvalue weighted by Gasteiger charge is 2.12. The van der Waals surface area contributed by atoms with E-state index in [-0.39, 0.29) is 6.61 Å². The zero-order valence-corrected chi connectivity index (χ0v) is 14.3. The van der Waals surface area contributed by atoms with Crippen LogP contribution in [0.2, 0.25) is 0 Å². The quantitative estimate of drug-likeness (QED) is 0.622. The summed E-state index contributed by atoms with van der Waals surface area (Å²) in [7, 11) is 1.98. The smallest absolute Gasteiger partial charge is 0.0741 e. The first-order valence-electron chi connectivity index (χ1n) is 8.41. The fourth-order valence-corrected chi connectivity index (χ4v) is 3.22. The molecule has 2 aromatic heterocycles. The van der Waals surface area contributed by atoms with Gasteiger partial charge in [0.1, 0.15) is 0 Å². The summed E-state index contributed by atoms with van der Waals surface area (Å²) in [6, 6.07) is 16.2. The Bertz CT molecular complexity index is 1030. The second-order valence-corrected chi connectivity index (χ2v) is 6.11. The molecule has 0 amide bonds. The summed E-state index contributed by atoms with van der Waals surface area (Å²) >= 11 is 0. The number of hydrogen-bond donors (Lipinski definition) is 1. The van der Waals surface area contributed by atoms with Crippen molar-refractivity contribution in [3.05, 3.63) is 66.0 Å². The first-order chi connectivity index (χ1) is 12.2. The molecule has 1 N–H and O–H groups in total. The van der Waals surface area contributed by atoms with Crippen molar-refractivity contribution in [2.45, 2.75) is 20.0 Å². The molecule has 0 saturated heterocycles. The molecule has 2 heterocycles. The van der Waals surface area contributed by atoms with Gasteiger partial charge in [-0.1, -0.05) is 31.2 Å². The molecular weight excluding hydrogens is 312 g/mol. The van der Waals surface area contributed by atoms with Gasteiger partial charge in [-0.25, -0.2) is 4.68 Å². The maximum absolute atomic E-state index is 9.21. The Morgan fingerprint density at radius 1 is 1.04 bits per heavy atom. The van der Waals surface area contributed by atoms with Gasteiger partial charge in [0, 0.05) is 18.0 Å². The molecule has 0 atom stereocenters. The molecule has 0 aliphatic rings. The Balaban J connectivity index is 1.81. The molecule has 4 aromatic rings. The molecule has 126 valence electrons. The van der Waals surface area contributed by atoms with Crippen LogP contribution < -0.4 is 0 Å². The lowest BCUT2D eigenvalue weighted by Crippen LogP contribution is -1.99. The Morgan fingerprint density at radius 3 is 2.56 bits per heavy atom. The van der Waals surface area contributed by atoms with Gasteiger partial charge >= 0.3 is 0 Å². The molecule has 25 heavy (non-hydrogen) atoms. The van der Waals surface area contributed by atoms with Crippen molar-refractivity contribution in [1.29, 1.82) is 0 Å². The minimum absolute atomic E-state index is 0.0448. The van der Waals surface area contributed by atoms with Crippen LogP contribution >= 0.6 is 0 Å². The minimum atomic E-state index is 0.0448. The van der Waals surface area contributed by atoms with Gasteiger partial charge in [-0.2, -0.15) is 10.2 Å². The van der Waals surface area contributed by atoms with E-state index in [4.69, 9.17) is 0 Å². The molecule has 0 spiro atoms. The predicted octanol–water partition coefficient (Wildman–Crippen LogP) is 3.48. The van der Waals surface area contributed by atoms with Crippen LogP contribution in [-0.4, -0.2) is 24.7 Å². The molecular formula is C20H20N4O. The highest BCUT2D eigenvalue weighted by atomic mass is 16.3. The van der Waals surface area contributed by atoms with Crippen LogP contribution in [0.3, 0.4) is 0 Å². The minimum Gasteiger partial charge on any atom is -0.392 e. The average molecular weight is 332 g/mol. The van der Waals surface area contributed by atoms with Gasteiger partial charge in [-0.05, 0) is 36.2 Å². The maximum atomic E-state index is 9.21. The van der Waals surface area contributed by atoms with Gasteiger partial charge in [0.25, 0.3) is 0 Å². The van der Waals surface area contributed by atoms with Crippen LogP contribution in [-0.2, 0) is 20.1 Å². The Kier molecular flexibility index (Phi) is 3.86. The van der Waals surface area contributed by atoms with Crippen LogP contribution in [0.4, 0.5) is 0 Å². The molecule has 0 bridgehead atoms. The highest BCUT2D eigenvalue weighted by molar-refractivity contribution is 5.86. The van der Waals surface area contributed by atoms with Crippen molar-refractivity contribution >= 4 is 10.9 Å². The number of rotatable bonds is 4. The van der Waals surface area contributed by atoms with E-state index in [1.165, 1.54) is 5.39 Å². The SMILES string of the molecule is CCc1nn(C)c2cc(-c3ccnn3-c3ccc(CO)cc3)ccc12. The van der Waals surface area contributed by atoms with E-state index in [0.717, 1.165) is 40.1 Å². The van der Waals surface area contributed by atoms with Gasteiger partial charge in [-0.15, -0.1) is 0 Å². The Labute approximate surface area is 146 Å². The number of nitrogens with zero attached hydrogens (tertiary/aromatic N) is 4. The summed E-state index contributed by atoms with van der Waals surface area (Å²) in [6.45, 7) is 2.17.